The number of aliphatic hydroxyl groups is 3. The minimum atomic E-state index is -0.873. The molecule has 0 saturated heterocycles. The molecule has 0 aromatic heterocycles. The Morgan fingerprint density at radius 2 is 1.89 bits per heavy atom. The van der Waals surface area contributed by atoms with Crippen molar-refractivity contribution in [1.82, 2.24) is 0 Å². The van der Waals surface area contributed by atoms with Gasteiger partial charge >= 0.3 is 26.6 Å². The van der Waals surface area contributed by atoms with Gasteiger partial charge < -0.3 is 20.1 Å². The summed E-state index contributed by atoms with van der Waals surface area (Å²) in [6, 6.07) is 0. The zero-order chi connectivity index (χ0) is 6.41. The molecule has 0 aromatic carbocycles. The Kier molecular flexibility index (Phi) is 12.1. The van der Waals surface area contributed by atoms with E-state index >= 15 is 0 Å². The molecule has 0 aromatic rings. The molecule has 1 unspecified atom stereocenters. The van der Waals surface area contributed by atoms with Gasteiger partial charge in [0.15, 0.2) is 0 Å². The molecule has 0 amide bonds. The van der Waals surface area contributed by atoms with Crippen LogP contribution in [0.2, 0.25) is 0 Å². The van der Waals surface area contributed by atoms with Crippen molar-refractivity contribution >= 4 is 26.6 Å². The molecule has 0 fully saturated rings. The third kappa shape index (κ3) is 8.74. The van der Waals surface area contributed by atoms with Gasteiger partial charge in [-0.3, -0.25) is 0 Å². The molecule has 0 aliphatic rings. The summed E-state index contributed by atoms with van der Waals surface area (Å²) in [5.41, 5.74) is 0. The third-order valence-corrected chi connectivity index (χ3v) is 0.612. The number of rotatable bonds is 4. The van der Waals surface area contributed by atoms with Crippen molar-refractivity contribution in [1.29, 1.82) is 0 Å². The van der Waals surface area contributed by atoms with Crippen LogP contribution in [0.15, 0.2) is 0 Å². The van der Waals surface area contributed by atoms with E-state index in [1.807, 2.05) is 0 Å². The van der Waals surface area contributed by atoms with Crippen LogP contribution < -0.4 is 0 Å². The predicted octanol–water partition coefficient (Wildman–Crippen LogP) is -2.61. The molecule has 4 nitrogen and oxygen atoms in total. The van der Waals surface area contributed by atoms with Crippen molar-refractivity contribution < 1.29 is 20.1 Å². The molecule has 0 aliphatic heterocycles. The van der Waals surface area contributed by atoms with E-state index in [0.717, 1.165) is 0 Å². The summed E-state index contributed by atoms with van der Waals surface area (Å²) in [6.45, 7) is -0.774. The summed E-state index contributed by atoms with van der Waals surface area (Å²) in [5.74, 6) is 0. The Bertz CT molecular complexity index is 51.8. The summed E-state index contributed by atoms with van der Waals surface area (Å²) in [4.78, 5) is 0. The van der Waals surface area contributed by atoms with Gasteiger partial charge in [-0.05, 0) is 0 Å². The summed E-state index contributed by atoms with van der Waals surface area (Å²) in [6.07, 6.45) is -0.873. The van der Waals surface area contributed by atoms with Gasteiger partial charge in [-0.15, -0.1) is 0 Å². The zero-order valence-corrected chi connectivity index (χ0v) is 8.84. The molecule has 0 bridgehead atoms. The molecule has 0 heterocycles. The van der Waals surface area contributed by atoms with Crippen molar-refractivity contribution in [3.63, 3.8) is 0 Å². The molecule has 1 atom stereocenters. The van der Waals surface area contributed by atoms with Crippen molar-refractivity contribution in [3.8, 4) is 0 Å². The summed E-state index contributed by atoms with van der Waals surface area (Å²) in [5, 5.41) is 24.6. The van der Waals surface area contributed by atoms with E-state index in [2.05, 4.69) is 4.74 Å². The molecule has 0 spiro atoms. The molecular formula is C4H12O4Po. The van der Waals surface area contributed by atoms with Crippen LogP contribution in [0.1, 0.15) is 0 Å². The van der Waals surface area contributed by atoms with Gasteiger partial charge in [0.2, 0.25) is 0 Å². The van der Waals surface area contributed by atoms with E-state index in [-0.39, 0.29) is 39.8 Å². The second-order valence-electron chi connectivity index (χ2n) is 1.34. The molecule has 0 rings (SSSR count). The number of hydrogen-bond acceptors (Lipinski definition) is 4. The third-order valence-electron chi connectivity index (χ3n) is 0.612. The van der Waals surface area contributed by atoms with Crippen LogP contribution in [0.5, 0.6) is 0 Å². The topological polar surface area (TPSA) is 69.9 Å². The molecule has 0 saturated carbocycles. The first-order valence-electron chi connectivity index (χ1n) is 2.28. The first-order valence-corrected chi connectivity index (χ1v) is 2.28. The van der Waals surface area contributed by atoms with E-state index in [0.29, 0.717) is 0 Å². The average molecular weight is 333 g/mol. The predicted molar refractivity (Wildman–Crippen MR) is 34.7 cm³/mol. The monoisotopic (exact) mass is 333 g/mol. The summed E-state index contributed by atoms with van der Waals surface area (Å²) in [7, 11) is 0. The van der Waals surface area contributed by atoms with Crippen LogP contribution in [0.3, 0.4) is 0 Å². The minimum absolute atomic E-state index is 0. The van der Waals surface area contributed by atoms with Gasteiger partial charge in [-0.25, -0.2) is 0 Å². The molecule has 9 heavy (non-hydrogen) atoms. The SMILES string of the molecule is OCOCC(O)CO.[PoH2]. The molecule has 0 radical (unpaired) electrons. The second kappa shape index (κ2) is 8.74. The van der Waals surface area contributed by atoms with Gasteiger partial charge in [0.1, 0.15) is 12.9 Å². The fraction of sp³-hybridized carbons (Fsp3) is 1.00. The van der Waals surface area contributed by atoms with Crippen molar-refractivity contribution in [2.75, 3.05) is 20.0 Å². The second-order valence-corrected chi connectivity index (χ2v) is 1.34. The standard InChI is InChI=1S/C4H10O4.Po.2H/c5-1-4(7)2-8-3-6;;;/h4-7H,1-3H2;;;. The average Bonchev–Trinajstić information content (AvgIpc) is 1.83. The number of hydrogen-bond donors (Lipinski definition) is 3. The fourth-order valence-electron chi connectivity index (χ4n) is 0.241. The van der Waals surface area contributed by atoms with Crippen LogP contribution in [0, 0.1) is 0 Å². The van der Waals surface area contributed by atoms with Gasteiger partial charge in [-0.1, -0.05) is 0 Å². The Labute approximate surface area is 72.9 Å². The van der Waals surface area contributed by atoms with Gasteiger partial charge in [0.25, 0.3) is 0 Å². The maximum absolute atomic E-state index is 8.50. The number of ether oxygens (including phenoxy) is 1. The Morgan fingerprint density at radius 1 is 1.33 bits per heavy atom. The van der Waals surface area contributed by atoms with Crippen molar-refractivity contribution in [3.05, 3.63) is 0 Å². The zero-order valence-electron chi connectivity index (χ0n) is 4.95. The van der Waals surface area contributed by atoms with E-state index < -0.39 is 12.9 Å². The van der Waals surface area contributed by atoms with E-state index in [4.69, 9.17) is 15.3 Å². The molecule has 58 valence electrons. The van der Waals surface area contributed by atoms with Crippen LogP contribution in [0.4, 0.5) is 0 Å². The Hall–Kier alpha value is 0.736. The van der Waals surface area contributed by atoms with Crippen molar-refractivity contribution in [2.45, 2.75) is 6.10 Å². The van der Waals surface area contributed by atoms with Crippen LogP contribution in [-0.2, 0) is 4.74 Å². The van der Waals surface area contributed by atoms with Gasteiger partial charge in [0.05, 0.1) is 13.2 Å². The van der Waals surface area contributed by atoms with Gasteiger partial charge in [-0.2, -0.15) is 0 Å². The molecule has 5 heteroatoms. The van der Waals surface area contributed by atoms with Crippen LogP contribution >= 0.6 is 0 Å². The summed E-state index contributed by atoms with van der Waals surface area (Å²) < 4.78 is 4.33. The molecule has 0 aliphatic carbocycles. The van der Waals surface area contributed by atoms with Crippen molar-refractivity contribution in [2.24, 2.45) is 0 Å². The number of aliphatic hydroxyl groups excluding tert-OH is 3. The first kappa shape index (κ1) is 12.4. The Morgan fingerprint density at radius 3 is 2.22 bits per heavy atom. The fourth-order valence-corrected chi connectivity index (χ4v) is 0.241. The maximum atomic E-state index is 8.50. The normalized spacial score (nSPS) is 12.3. The van der Waals surface area contributed by atoms with E-state index in [1.165, 1.54) is 0 Å². The quantitative estimate of drug-likeness (QED) is 0.493. The first-order chi connectivity index (χ1) is 3.81. The summed E-state index contributed by atoms with van der Waals surface area (Å²) >= 11 is 0. The van der Waals surface area contributed by atoms with E-state index in [9.17, 15) is 0 Å². The Balaban J connectivity index is 0. The van der Waals surface area contributed by atoms with Crippen LogP contribution in [-0.4, -0.2) is 68.0 Å². The van der Waals surface area contributed by atoms with Crippen LogP contribution in [0.25, 0.3) is 0 Å². The van der Waals surface area contributed by atoms with Gasteiger partial charge in [0, 0.05) is 0 Å². The van der Waals surface area contributed by atoms with E-state index in [1.54, 1.807) is 0 Å². The molecule has 3 N–H and O–H groups in total. The molecular weight excluding hydrogens is 321 g/mol.